The largest absolute Gasteiger partial charge is 0.496 e. The summed E-state index contributed by atoms with van der Waals surface area (Å²) in [7, 11) is 1.66. The molecule has 19 heavy (non-hydrogen) atoms. The molecule has 4 heteroatoms. The van der Waals surface area contributed by atoms with Crippen molar-refractivity contribution in [1.29, 1.82) is 0 Å². The van der Waals surface area contributed by atoms with Gasteiger partial charge in [0.25, 0.3) is 0 Å². The Bertz CT molecular complexity index is 461. The summed E-state index contributed by atoms with van der Waals surface area (Å²) in [4.78, 5) is 2.89. The van der Waals surface area contributed by atoms with Crippen molar-refractivity contribution in [3.63, 3.8) is 0 Å². The van der Waals surface area contributed by atoms with Crippen LogP contribution in [-0.2, 0) is 6.54 Å². The third-order valence-electron chi connectivity index (χ3n) is 3.68. The molecule has 1 aliphatic rings. The van der Waals surface area contributed by atoms with E-state index in [1.165, 1.54) is 31.5 Å². The first-order chi connectivity index (χ1) is 9.10. The minimum Gasteiger partial charge on any atom is -0.496 e. The Morgan fingerprint density at radius 1 is 1.53 bits per heavy atom. The highest BCUT2D eigenvalue weighted by molar-refractivity contribution is 7.80. The molecule has 2 N–H and O–H groups in total. The zero-order valence-corrected chi connectivity index (χ0v) is 12.5. The highest BCUT2D eigenvalue weighted by Gasteiger charge is 2.17. The maximum atomic E-state index is 5.68. The molecular formula is C15H22N2OS. The molecular weight excluding hydrogens is 256 g/mol. The van der Waals surface area contributed by atoms with Crippen molar-refractivity contribution in [2.45, 2.75) is 26.3 Å². The van der Waals surface area contributed by atoms with Gasteiger partial charge >= 0.3 is 0 Å². The second-order valence-corrected chi connectivity index (χ2v) is 5.82. The van der Waals surface area contributed by atoms with Gasteiger partial charge in [-0.15, -0.1) is 0 Å². The molecule has 0 amide bonds. The second kappa shape index (κ2) is 6.35. The van der Waals surface area contributed by atoms with E-state index in [9.17, 15) is 0 Å². The van der Waals surface area contributed by atoms with Crippen LogP contribution in [0.1, 0.15) is 30.9 Å². The number of ether oxygens (including phenoxy) is 1. The number of thiocarbonyl (C=S) groups is 1. The predicted octanol–water partition coefficient (Wildman–Crippen LogP) is 2.56. The lowest BCUT2D eigenvalue weighted by atomic mass is 9.99. The Balaban J connectivity index is 2.10. The van der Waals surface area contributed by atoms with Crippen molar-refractivity contribution < 1.29 is 4.74 Å². The van der Waals surface area contributed by atoms with Gasteiger partial charge in [-0.05, 0) is 43.0 Å². The molecule has 0 radical (unpaired) electrons. The molecule has 0 saturated carbocycles. The predicted molar refractivity (Wildman–Crippen MR) is 82.6 cm³/mol. The Morgan fingerprint density at radius 3 is 2.95 bits per heavy atom. The summed E-state index contributed by atoms with van der Waals surface area (Å²) < 4.78 is 5.37. The van der Waals surface area contributed by atoms with Crippen molar-refractivity contribution in [2.24, 2.45) is 11.7 Å². The van der Waals surface area contributed by atoms with E-state index in [1.807, 2.05) is 12.1 Å². The Hall–Kier alpha value is -1.13. The van der Waals surface area contributed by atoms with Crippen LogP contribution in [0.4, 0.5) is 0 Å². The molecule has 1 heterocycles. The SMILES string of the molecule is COc1cc(CN2CCCC(C)C2)ccc1C(N)=S. The molecule has 1 atom stereocenters. The number of benzene rings is 1. The van der Waals surface area contributed by atoms with Crippen molar-refractivity contribution in [1.82, 2.24) is 4.90 Å². The van der Waals surface area contributed by atoms with Crippen LogP contribution in [0, 0.1) is 5.92 Å². The Kier molecular flexibility index (Phi) is 4.77. The molecule has 0 aromatic heterocycles. The van der Waals surface area contributed by atoms with Gasteiger partial charge in [-0.25, -0.2) is 0 Å². The Labute approximate surface area is 120 Å². The fraction of sp³-hybridized carbons (Fsp3) is 0.533. The number of likely N-dealkylation sites (tertiary alicyclic amines) is 1. The maximum Gasteiger partial charge on any atom is 0.129 e. The average Bonchev–Trinajstić information content (AvgIpc) is 2.38. The molecule has 2 rings (SSSR count). The van der Waals surface area contributed by atoms with E-state index in [4.69, 9.17) is 22.7 Å². The summed E-state index contributed by atoms with van der Waals surface area (Å²) >= 11 is 5.02. The lowest BCUT2D eigenvalue weighted by Crippen LogP contribution is -2.33. The van der Waals surface area contributed by atoms with Gasteiger partial charge in [0, 0.05) is 13.1 Å². The topological polar surface area (TPSA) is 38.5 Å². The first kappa shape index (κ1) is 14.3. The minimum absolute atomic E-state index is 0.384. The van der Waals surface area contributed by atoms with Gasteiger partial charge in [-0.3, -0.25) is 4.90 Å². The fourth-order valence-corrected chi connectivity index (χ4v) is 2.89. The van der Waals surface area contributed by atoms with E-state index in [2.05, 4.69) is 17.9 Å². The zero-order valence-electron chi connectivity index (χ0n) is 11.7. The van der Waals surface area contributed by atoms with E-state index < -0.39 is 0 Å². The first-order valence-electron chi connectivity index (χ1n) is 6.79. The van der Waals surface area contributed by atoms with E-state index in [1.54, 1.807) is 7.11 Å². The Morgan fingerprint density at radius 2 is 2.32 bits per heavy atom. The van der Waals surface area contributed by atoms with Gasteiger partial charge in [-0.2, -0.15) is 0 Å². The highest BCUT2D eigenvalue weighted by Crippen LogP contribution is 2.23. The van der Waals surface area contributed by atoms with Crippen LogP contribution < -0.4 is 10.5 Å². The maximum absolute atomic E-state index is 5.68. The summed E-state index contributed by atoms with van der Waals surface area (Å²) in [6, 6.07) is 6.11. The molecule has 0 bridgehead atoms. The third kappa shape index (κ3) is 3.67. The summed E-state index contributed by atoms with van der Waals surface area (Å²) in [5, 5.41) is 0. The molecule has 1 aromatic carbocycles. The van der Waals surface area contributed by atoms with Crippen LogP contribution in [0.5, 0.6) is 5.75 Å². The molecule has 104 valence electrons. The van der Waals surface area contributed by atoms with Crippen LogP contribution >= 0.6 is 12.2 Å². The fourth-order valence-electron chi connectivity index (χ4n) is 2.73. The molecule has 1 saturated heterocycles. The smallest absolute Gasteiger partial charge is 0.129 e. The summed E-state index contributed by atoms with van der Waals surface area (Å²) in [6.07, 6.45) is 2.64. The normalized spacial score (nSPS) is 20.2. The average molecular weight is 278 g/mol. The number of hydrogen-bond acceptors (Lipinski definition) is 3. The van der Waals surface area contributed by atoms with E-state index in [-0.39, 0.29) is 0 Å². The number of methoxy groups -OCH3 is 1. The van der Waals surface area contributed by atoms with Crippen molar-refractivity contribution in [2.75, 3.05) is 20.2 Å². The number of nitrogens with two attached hydrogens (primary N) is 1. The summed E-state index contributed by atoms with van der Waals surface area (Å²) in [5.74, 6) is 1.57. The van der Waals surface area contributed by atoms with Gasteiger partial charge in [0.2, 0.25) is 0 Å². The molecule has 1 fully saturated rings. The molecule has 0 aliphatic carbocycles. The summed E-state index contributed by atoms with van der Waals surface area (Å²) in [5.41, 5.74) is 7.75. The quantitative estimate of drug-likeness (QED) is 0.859. The number of rotatable bonds is 4. The third-order valence-corrected chi connectivity index (χ3v) is 3.90. The van der Waals surface area contributed by atoms with Crippen LogP contribution in [0.3, 0.4) is 0 Å². The number of nitrogens with zero attached hydrogens (tertiary/aromatic N) is 1. The van der Waals surface area contributed by atoms with Gasteiger partial charge in [0.15, 0.2) is 0 Å². The van der Waals surface area contributed by atoms with Crippen LogP contribution in [0.2, 0.25) is 0 Å². The van der Waals surface area contributed by atoms with Gasteiger partial charge in [0.1, 0.15) is 10.7 Å². The molecule has 0 spiro atoms. The summed E-state index contributed by atoms with van der Waals surface area (Å²) in [6.45, 7) is 5.66. The van der Waals surface area contributed by atoms with E-state index in [0.29, 0.717) is 4.99 Å². The second-order valence-electron chi connectivity index (χ2n) is 5.38. The standard InChI is InChI=1S/C15H22N2OS/c1-11-4-3-7-17(9-11)10-12-5-6-13(15(16)19)14(8-12)18-2/h5-6,8,11H,3-4,7,9-10H2,1-2H3,(H2,16,19). The van der Waals surface area contributed by atoms with Gasteiger partial charge in [-0.1, -0.05) is 25.2 Å². The number of piperidine rings is 1. The lowest BCUT2D eigenvalue weighted by Gasteiger charge is -2.30. The zero-order chi connectivity index (χ0) is 13.8. The monoisotopic (exact) mass is 278 g/mol. The molecule has 1 aromatic rings. The van der Waals surface area contributed by atoms with E-state index in [0.717, 1.165) is 23.8 Å². The van der Waals surface area contributed by atoms with Crippen molar-refractivity contribution in [3.8, 4) is 5.75 Å². The minimum atomic E-state index is 0.384. The van der Waals surface area contributed by atoms with Crippen molar-refractivity contribution in [3.05, 3.63) is 29.3 Å². The van der Waals surface area contributed by atoms with Gasteiger partial charge < -0.3 is 10.5 Å². The molecule has 1 aliphatic heterocycles. The highest BCUT2D eigenvalue weighted by atomic mass is 32.1. The molecule has 1 unspecified atom stereocenters. The van der Waals surface area contributed by atoms with Crippen LogP contribution in [0.25, 0.3) is 0 Å². The number of hydrogen-bond donors (Lipinski definition) is 1. The lowest BCUT2D eigenvalue weighted by molar-refractivity contribution is 0.176. The first-order valence-corrected chi connectivity index (χ1v) is 7.20. The van der Waals surface area contributed by atoms with Crippen LogP contribution in [0.15, 0.2) is 18.2 Å². The van der Waals surface area contributed by atoms with Crippen molar-refractivity contribution >= 4 is 17.2 Å². The van der Waals surface area contributed by atoms with E-state index >= 15 is 0 Å². The molecule has 3 nitrogen and oxygen atoms in total. The van der Waals surface area contributed by atoms with Crippen LogP contribution in [-0.4, -0.2) is 30.1 Å². The van der Waals surface area contributed by atoms with Gasteiger partial charge in [0.05, 0.1) is 12.7 Å².